The first kappa shape index (κ1) is 18.1. The molecular formula is C19H19BrN4O2. The van der Waals surface area contributed by atoms with Gasteiger partial charge in [0.2, 0.25) is 0 Å². The smallest absolute Gasteiger partial charge is 0.260 e. The number of hydrogen-bond acceptors (Lipinski definition) is 4. The van der Waals surface area contributed by atoms with Gasteiger partial charge in [0.15, 0.2) is 6.61 Å². The largest absolute Gasteiger partial charge is 0.484 e. The number of amides is 1. The van der Waals surface area contributed by atoms with Crippen LogP contribution in [0.5, 0.6) is 5.75 Å². The van der Waals surface area contributed by atoms with Gasteiger partial charge in [-0.05, 0) is 42.8 Å². The zero-order valence-electron chi connectivity index (χ0n) is 14.5. The van der Waals surface area contributed by atoms with E-state index < -0.39 is 0 Å². The molecule has 0 saturated carbocycles. The van der Waals surface area contributed by atoms with Crippen molar-refractivity contribution in [1.29, 1.82) is 0 Å². The Labute approximate surface area is 160 Å². The second-order valence-corrected chi connectivity index (χ2v) is 6.77. The molecule has 0 radical (unpaired) electrons. The van der Waals surface area contributed by atoms with Crippen molar-refractivity contribution in [2.75, 3.05) is 13.7 Å². The van der Waals surface area contributed by atoms with E-state index in [-0.39, 0.29) is 18.6 Å². The van der Waals surface area contributed by atoms with Gasteiger partial charge < -0.3 is 9.64 Å². The van der Waals surface area contributed by atoms with E-state index in [1.165, 1.54) is 6.33 Å². The van der Waals surface area contributed by atoms with Crippen LogP contribution in [0.2, 0.25) is 0 Å². The van der Waals surface area contributed by atoms with E-state index in [0.29, 0.717) is 5.75 Å². The normalized spacial score (nSPS) is 11.8. The zero-order valence-corrected chi connectivity index (χ0v) is 16.1. The summed E-state index contributed by atoms with van der Waals surface area (Å²) in [6.45, 7) is 1.98. The molecule has 3 aromatic rings. The van der Waals surface area contributed by atoms with Crippen LogP contribution in [0.15, 0.2) is 65.7 Å². The van der Waals surface area contributed by atoms with Gasteiger partial charge in [-0.2, -0.15) is 5.10 Å². The van der Waals surface area contributed by atoms with E-state index in [2.05, 4.69) is 26.0 Å². The van der Waals surface area contributed by atoms with Crippen LogP contribution in [0.4, 0.5) is 0 Å². The fourth-order valence-corrected chi connectivity index (χ4v) is 2.87. The van der Waals surface area contributed by atoms with Gasteiger partial charge in [-0.25, -0.2) is 9.67 Å². The maximum atomic E-state index is 12.4. The van der Waals surface area contributed by atoms with E-state index in [0.717, 1.165) is 15.7 Å². The van der Waals surface area contributed by atoms with Crippen LogP contribution in [0.25, 0.3) is 5.69 Å². The molecule has 1 heterocycles. The molecule has 134 valence electrons. The molecule has 0 bridgehead atoms. The molecule has 7 heteroatoms. The maximum absolute atomic E-state index is 12.4. The van der Waals surface area contributed by atoms with Crippen molar-refractivity contribution >= 4 is 21.8 Å². The molecule has 0 aliphatic carbocycles. The van der Waals surface area contributed by atoms with Crippen molar-refractivity contribution in [3.8, 4) is 11.4 Å². The van der Waals surface area contributed by atoms with Crippen LogP contribution >= 0.6 is 15.9 Å². The number of carbonyl (C=O) groups is 1. The number of hydrogen-bond donors (Lipinski definition) is 0. The molecule has 0 aliphatic heterocycles. The third kappa shape index (κ3) is 4.29. The summed E-state index contributed by atoms with van der Waals surface area (Å²) in [5, 5.41) is 4.10. The highest BCUT2D eigenvalue weighted by molar-refractivity contribution is 9.10. The van der Waals surface area contributed by atoms with Crippen LogP contribution in [0.1, 0.15) is 18.5 Å². The topological polar surface area (TPSA) is 60.2 Å². The molecule has 0 spiro atoms. The zero-order chi connectivity index (χ0) is 18.5. The Kier molecular flexibility index (Phi) is 5.68. The van der Waals surface area contributed by atoms with E-state index >= 15 is 0 Å². The van der Waals surface area contributed by atoms with Crippen LogP contribution in [0.3, 0.4) is 0 Å². The van der Waals surface area contributed by atoms with Crippen LogP contribution in [0, 0.1) is 0 Å². The number of likely N-dealkylation sites (N-methyl/N-ethyl adjacent to an activating group) is 1. The van der Waals surface area contributed by atoms with Gasteiger partial charge >= 0.3 is 0 Å². The Bertz CT molecular complexity index is 866. The van der Waals surface area contributed by atoms with Gasteiger partial charge in [0.25, 0.3) is 5.91 Å². The Balaban J connectivity index is 1.61. The van der Waals surface area contributed by atoms with Crippen molar-refractivity contribution in [2.45, 2.75) is 13.0 Å². The fourth-order valence-electron chi connectivity index (χ4n) is 2.49. The lowest BCUT2D eigenvalue weighted by Gasteiger charge is -2.25. The summed E-state index contributed by atoms with van der Waals surface area (Å²) in [5.74, 6) is 0.573. The van der Waals surface area contributed by atoms with Gasteiger partial charge in [0.05, 0.1) is 11.7 Å². The third-order valence-corrected chi connectivity index (χ3v) is 4.68. The number of carbonyl (C=O) groups excluding carboxylic acids is 1. The summed E-state index contributed by atoms with van der Waals surface area (Å²) in [6.07, 6.45) is 3.14. The predicted octanol–water partition coefficient (Wildman–Crippen LogP) is 3.63. The lowest BCUT2D eigenvalue weighted by molar-refractivity contribution is -0.134. The molecule has 0 saturated heterocycles. The standard InChI is InChI=1S/C19H19BrN4O2/c1-14(15-6-8-17(9-7-15)24-13-21-12-22-24)23(2)19(25)11-26-18-5-3-4-16(20)10-18/h3-10,12-14H,11H2,1-2H3/t14-/m1/s1. The van der Waals surface area contributed by atoms with Gasteiger partial charge in [0.1, 0.15) is 18.4 Å². The maximum Gasteiger partial charge on any atom is 0.260 e. The number of rotatable bonds is 6. The molecule has 0 unspecified atom stereocenters. The molecular weight excluding hydrogens is 396 g/mol. The summed E-state index contributed by atoms with van der Waals surface area (Å²) in [6, 6.07) is 15.2. The van der Waals surface area contributed by atoms with Gasteiger partial charge in [-0.15, -0.1) is 0 Å². The second-order valence-electron chi connectivity index (χ2n) is 5.86. The Hall–Kier alpha value is -2.67. The van der Waals surface area contributed by atoms with E-state index in [1.54, 1.807) is 23.0 Å². The van der Waals surface area contributed by atoms with E-state index in [1.807, 2.05) is 55.5 Å². The quantitative estimate of drug-likeness (QED) is 0.617. The highest BCUT2D eigenvalue weighted by Crippen LogP contribution is 2.21. The summed E-state index contributed by atoms with van der Waals surface area (Å²) in [7, 11) is 1.78. The van der Waals surface area contributed by atoms with Crippen LogP contribution in [-0.4, -0.2) is 39.2 Å². The summed E-state index contributed by atoms with van der Waals surface area (Å²) in [4.78, 5) is 18.1. The first-order valence-electron chi connectivity index (χ1n) is 8.13. The Morgan fingerprint density at radius 1 is 1.27 bits per heavy atom. The summed E-state index contributed by atoms with van der Waals surface area (Å²) < 4.78 is 8.19. The van der Waals surface area contributed by atoms with Gasteiger partial charge in [0, 0.05) is 11.5 Å². The van der Waals surface area contributed by atoms with Crippen molar-refractivity contribution in [3.05, 3.63) is 71.2 Å². The number of halogens is 1. The predicted molar refractivity (Wildman–Crippen MR) is 102 cm³/mol. The molecule has 1 aromatic heterocycles. The van der Waals surface area contributed by atoms with Crippen molar-refractivity contribution in [3.63, 3.8) is 0 Å². The van der Waals surface area contributed by atoms with Crippen molar-refractivity contribution in [1.82, 2.24) is 19.7 Å². The highest BCUT2D eigenvalue weighted by Gasteiger charge is 2.18. The number of nitrogens with zero attached hydrogens (tertiary/aromatic N) is 4. The van der Waals surface area contributed by atoms with E-state index in [9.17, 15) is 4.79 Å². The lowest BCUT2D eigenvalue weighted by Crippen LogP contribution is -2.33. The van der Waals surface area contributed by atoms with Crippen LogP contribution in [-0.2, 0) is 4.79 Å². The molecule has 0 N–H and O–H groups in total. The minimum atomic E-state index is -0.0853. The molecule has 0 aliphatic rings. The Morgan fingerprint density at radius 2 is 2.04 bits per heavy atom. The van der Waals surface area contributed by atoms with Gasteiger partial charge in [-0.3, -0.25) is 4.79 Å². The average molecular weight is 415 g/mol. The van der Waals surface area contributed by atoms with Gasteiger partial charge in [-0.1, -0.05) is 34.1 Å². The third-order valence-electron chi connectivity index (χ3n) is 4.19. The van der Waals surface area contributed by atoms with Crippen molar-refractivity contribution in [2.24, 2.45) is 0 Å². The first-order chi connectivity index (χ1) is 12.5. The van der Waals surface area contributed by atoms with Crippen LogP contribution < -0.4 is 4.74 Å². The SMILES string of the molecule is C[C@H](c1ccc(-n2cncn2)cc1)N(C)C(=O)COc1cccc(Br)c1. The van der Waals surface area contributed by atoms with Crippen molar-refractivity contribution < 1.29 is 9.53 Å². The first-order valence-corrected chi connectivity index (χ1v) is 8.93. The second kappa shape index (κ2) is 8.14. The number of benzene rings is 2. The molecule has 26 heavy (non-hydrogen) atoms. The number of ether oxygens (including phenoxy) is 1. The molecule has 1 amide bonds. The Morgan fingerprint density at radius 3 is 2.69 bits per heavy atom. The molecule has 2 aromatic carbocycles. The number of aromatic nitrogens is 3. The molecule has 1 atom stereocenters. The molecule has 0 fully saturated rings. The minimum absolute atomic E-state index is 0.00562. The summed E-state index contributed by atoms with van der Waals surface area (Å²) >= 11 is 3.39. The lowest BCUT2D eigenvalue weighted by atomic mass is 10.1. The summed E-state index contributed by atoms with van der Waals surface area (Å²) in [5.41, 5.74) is 1.96. The average Bonchev–Trinajstić information content (AvgIpc) is 3.20. The molecule has 3 rings (SSSR count). The fraction of sp³-hybridized carbons (Fsp3) is 0.211. The van der Waals surface area contributed by atoms with E-state index in [4.69, 9.17) is 4.74 Å². The highest BCUT2D eigenvalue weighted by atomic mass is 79.9. The monoisotopic (exact) mass is 414 g/mol. The molecule has 6 nitrogen and oxygen atoms in total. The minimum Gasteiger partial charge on any atom is -0.484 e.